The lowest BCUT2D eigenvalue weighted by atomic mass is 10.0. The van der Waals surface area contributed by atoms with E-state index in [1.54, 1.807) is 12.3 Å². The zero-order valence-electron chi connectivity index (χ0n) is 18.9. The number of rotatable bonds is 8. The quantitative estimate of drug-likeness (QED) is 0.342. The van der Waals surface area contributed by atoms with Gasteiger partial charge in [0.15, 0.2) is 16.6 Å². The third-order valence-corrected chi connectivity index (χ3v) is 6.85. The molecular formula is C23H22ClFN4O5S. The van der Waals surface area contributed by atoms with Crippen LogP contribution in [0.4, 0.5) is 10.2 Å². The van der Waals surface area contributed by atoms with Crippen molar-refractivity contribution in [2.45, 2.75) is 18.5 Å². The normalized spacial score (nSPS) is 17.6. The van der Waals surface area contributed by atoms with Crippen LogP contribution in [-0.2, 0) is 9.53 Å². The number of aromatic nitrogens is 2. The van der Waals surface area contributed by atoms with Crippen LogP contribution in [0.1, 0.15) is 21.8 Å². The maximum Gasteiger partial charge on any atom is 0.243 e. The van der Waals surface area contributed by atoms with Crippen LogP contribution >= 0.6 is 22.9 Å². The van der Waals surface area contributed by atoms with Gasteiger partial charge in [0.1, 0.15) is 11.6 Å². The van der Waals surface area contributed by atoms with Gasteiger partial charge in [0.05, 0.1) is 53.7 Å². The monoisotopic (exact) mass is 520 g/mol. The van der Waals surface area contributed by atoms with Gasteiger partial charge in [-0.2, -0.15) is 0 Å². The molecule has 2 unspecified atom stereocenters. The summed E-state index contributed by atoms with van der Waals surface area (Å²) >= 11 is 7.31. The van der Waals surface area contributed by atoms with Crippen LogP contribution in [0, 0.1) is 5.82 Å². The summed E-state index contributed by atoms with van der Waals surface area (Å²) in [6, 6.07) is 2.55. The highest BCUT2D eigenvalue weighted by Crippen LogP contribution is 2.38. The summed E-state index contributed by atoms with van der Waals surface area (Å²) in [4.78, 5) is 33.7. The number of fused-ring (bicyclic) bond motifs is 1. The van der Waals surface area contributed by atoms with Gasteiger partial charge in [0.25, 0.3) is 0 Å². The number of nitrogens with one attached hydrogen (secondary N) is 2. The van der Waals surface area contributed by atoms with Gasteiger partial charge in [-0.05, 0) is 12.5 Å². The predicted octanol–water partition coefficient (Wildman–Crippen LogP) is 3.60. The molecule has 1 fully saturated rings. The summed E-state index contributed by atoms with van der Waals surface area (Å²) in [7, 11) is 2.64. The van der Waals surface area contributed by atoms with E-state index >= 15 is 0 Å². The van der Waals surface area contributed by atoms with Gasteiger partial charge < -0.3 is 24.8 Å². The molecule has 9 nitrogen and oxygen atoms in total. The lowest BCUT2D eigenvalue weighted by Gasteiger charge is -2.32. The minimum atomic E-state index is -0.895. The first-order valence-electron chi connectivity index (χ1n) is 10.5. The van der Waals surface area contributed by atoms with E-state index in [0.717, 1.165) is 11.3 Å². The lowest BCUT2D eigenvalue weighted by Crippen LogP contribution is -2.52. The summed E-state index contributed by atoms with van der Waals surface area (Å²) in [5.41, 5.74) is 0.110. The largest absolute Gasteiger partial charge is 0.495 e. The van der Waals surface area contributed by atoms with Crippen LogP contribution in [0.5, 0.6) is 11.5 Å². The highest BCUT2D eigenvalue weighted by Gasteiger charge is 2.29. The second-order valence-electron chi connectivity index (χ2n) is 7.60. The van der Waals surface area contributed by atoms with Gasteiger partial charge in [-0.3, -0.25) is 9.59 Å². The minimum absolute atomic E-state index is 0.0344. The number of nitrogens with zero attached hydrogens (tertiary/aromatic N) is 2. The van der Waals surface area contributed by atoms with Crippen molar-refractivity contribution in [3.8, 4) is 11.5 Å². The third kappa shape index (κ3) is 5.07. The number of anilines is 1. The number of methoxy groups -OCH3 is 2. The molecule has 184 valence electrons. The molecule has 35 heavy (non-hydrogen) atoms. The first-order valence-corrected chi connectivity index (χ1v) is 11.7. The molecule has 0 aliphatic carbocycles. The molecule has 1 amide bonds. The first kappa shape index (κ1) is 24.8. The average Bonchev–Trinajstić information content (AvgIpc) is 3.29. The number of thiazole rings is 1. The summed E-state index contributed by atoms with van der Waals surface area (Å²) in [5.74, 6) is -1.44. The minimum Gasteiger partial charge on any atom is -0.495 e. The van der Waals surface area contributed by atoms with Crippen LogP contribution < -0.4 is 20.1 Å². The van der Waals surface area contributed by atoms with Gasteiger partial charge >= 0.3 is 0 Å². The van der Waals surface area contributed by atoms with E-state index in [9.17, 15) is 14.0 Å². The zero-order valence-corrected chi connectivity index (χ0v) is 20.5. The van der Waals surface area contributed by atoms with E-state index in [1.165, 1.54) is 26.4 Å². The van der Waals surface area contributed by atoms with Crippen molar-refractivity contribution in [3.63, 3.8) is 0 Å². The fraction of sp³-hybridized carbons (Fsp3) is 0.304. The molecule has 0 radical (unpaired) electrons. The van der Waals surface area contributed by atoms with E-state index in [1.807, 2.05) is 0 Å². The molecule has 12 heteroatoms. The van der Waals surface area contributed by atoms with Crippen molar-refractivity contribution < 1.29 is 28.2 Å². The van der Waals surface area contributed by atoms with E-state index in [2.05, 4.69) is 27.2 Å². The Kier molecular flexibility index (Phi) is 7.48. The van der Waals surface area contributed by atoms with Gasteiger partial charge in [-0.15, -0.1) is 11.3 Å². The Balaban J connectivity index is 1.62. The number of pyridine rings is 1. The smallest absolute Gasteiger partial charge is 0.243 e. The number of benzene rings is 1. The highest BCUT2D eigenvalue weighted by atomic mass is 35.5. The standard InChI is InChI=1S/C23H22ClFN4O5S/c1-4-18(30)28-11-5-6-34-10-13(11)27-17-7-12-16(9-26-17)35-23(29-12)22(31)19-20(24)14(32-2)8-15(33-3)21(19)25/h4,7-9,11,13H,1,5-6,10H2,2-3H3,(H,26,27)(H,28,30). The SMILES string of the molecule is C=CC(=O)NC1CCOCC1Nc1cc2nc(C(=O)c3c(F)c(OC)cc(OC)c3Cl)sc2cn1. The van der Waals surface area contributed by atoms with E-state index in [-0.39, 0.29) is 45.1 Å². The number of ketones is 1. The molecule has 2 atom stereocenters. The van der Waals surface area contributed by atoms with E-state index < -0.39 is 11.6 Å². The Hall–Kier alpha value is -3.28. The number of ether oxygens (including phenoxy) is 3. The molecule has 0 saturated carbocycles. The van der Waals surface area contributed by atoms with Crippen molar-refractivity contribution in [1.82, 2.24) is 15.3 Å². The van der Waals surface area contributed by atoms with E-state index in [0.29, 0.717) is 35.7 Å². The summed E-state index contributed by atoms with van der Waals surface area (Å²) in [6.07, 6.45) is 3.42. The van der Waals surface area contributed by atoms with Crippen molar-refractivity contribution in [1.29, 1.82) is 0 Å². The van der Waals surface area contributed by atoms with E-state index in [4.69, 9.17) is 25.8 Å². The van der Waals surface area contributed by atoms with Gasteiger partial charge in [0, 0.05) is 24.9 Å². The predicted molar refractivity (Wildman–Crippen MR) is 130 cm³/mol. The van der Waals surface area contributed by atoms with Crippen molar-refractivity contribution in [2.24, 2.45) is 0 Å². The molecule has 1 aliphatic heterocycles. The van der Waals surface area contributed by atoms with Crippen LogP contribution in [0.15, 0.2) is 31.0 Å². The molecule has 4 rings (SSSR count). The fourth-order valence-corrected chi connectivity index (χ4v) is 4.85. The number of hydrogen-bond acceptors (Lipinski definition) is 9. The van der Waals surface area contributed by atoms with Gasteiger partial charge in [0.2, 0.25) is 11.7 Å². The van der Waals surface area contributed by atoms with Crippen LogP contribution in [0.3, 0.4) is 0 Å². The molecule has 2 N–H and O–H groups in total. The Morgan fingerprint density at radius 2 is 2.06 bits per heavy atom. The molecule has 1 saturated heterocycles. The van der Waals surface area contributed by atoms with Crippen molar-refractivity contribution in [2.75, 3.05) is 32.8 Å². The molecule has 3 heterocycles. The number of hydrogen-bond donors (Lipinski definition) is 2. The van der Waals surface area contributed by atoms with Crippen LogP contribution in [-0.4, -0.2) is 61.2 Å². The summed E-state index contributed by atoms with van der Waals surface area (Å²) in [5, 5.41) is 6.01. The van der Waals surface area contributed by atoms with Crippen molar-refractivity contribution in [3.05, 3.63) is 52.4 Å². The molecule has 1 aromatic carbocycles. The molecule has 1 aliphatic rings. The topological polar surface area (TPSA) is 112 Å². The Bertz CT molecular complexity index is 1270. The molecule has 0 bridgehead atoms. The zero-order chi connectivity index (χ0) is 25.1. The fourth-order valence-electron chi connectivity index (χ4n) is 3.69. The second kappa shape index (κ2) is 10.5. The first-order chi connectivity index (χ1) is 16.9. The Morgan fingerprint density at radius 1 is 1.29 bits per heavy atom. The Labute approximate surface area is 209 Å². The van der Waals surface area contributed by atoms with Gasteiger partial charge in [-0.25, -0.2) is 14.4 Å². The highest BCUT2D eigenvalue weighted by molar-refractivity contribution is 7.20. The van der Waals surface area contributed by atoms with Gasteiger partial charge in [-0.1, -0.05) is 18.2 Å². The molecular weight excluding hydrogens is 499 g/mol. The summed E-state index contributed by atoms with van der Waals surface area (Å²) in [6.45, 7) is 4.38. The number of halogens is 2. The third-order valence-electron chi connectivity index (χ3n) is 5.47. The average molecular weight is 521 g/mol. The van der Waals surface area contributed by atoms with Crippen molar-refractivity contribution >= 4 is 50.7 Å². The molecule has 2 aromatic heterocycles. The maximum absolute atomic E-state index is 14.9. The molecule has 0 spiro atoms. The number of carbonyl (C=O) groups is 2. The van der Waals surface area contributed by atoms with Crippen LogP contribution in [0.25, 0.3) is 10.2 Å². The molecule has 3 aromatic rings. The number of amides is 1. The summed E-state index contributed by atoms with van der Waals surface area (Å²) < 4.78 is 31.3. The number of carbonyl (C=O) groups excluding carboxylic acids is 2. The second-order valence-corrected chi connectivity index (χ2v) is 9.01. The maximum atomic E-state index is 14.9. The Morgan fingerprint density at radius 3 is 2.77 bits per heavy atom. The lowest BCUT2D eigenvalue weighted by molar-refractivity contribution is -0.117. The van der Waals surface area contributed by atoms with Crippen LogP contribution in [0.2, 0.25) is 5.02 Å².